The van der Waals surface area contributed by atoms with Crippen LogP contribution in [-0.4, -0.2) is 32.1 Å². The average Bonchev–Trinajstić information content (AvgIpc) is 2.61. The Balaban J connectivity index is 2.05. The first-order valence-corrected chi connectivity index (χ1v) is 7.73. The Morgan fingerprint density at radius 2 is 1.62 bits per heavy atom. The fourth-order valence-corrected chi connectivity index (χ4v) is 2.27. The third-order valence-electron chi connectivity index (χ3n) is 3.71. The Hall–Kier alpha value is -2.75. The van der Waals surface area contributed by atoms with E-state index in [9.17, 15) is 4.79 Å². The molecule has 2 aromatic rings. The normalized spacial score (nSPS) is 10.7. The second-order valence-corrected chi connectivity index (χ2v) is 5.66. The molecule has 0 aliphatic carbocycles. The Labute approximate surface area is 143 Å². The molecular weight excluding hydrogens is 302 g/mol. The van der Waals surface area contributed by atoms with Gasteiger partial charge in [-0.05, 0) is 36.3 Å². The molecule has 2 aromatic carbocycles. The van der Waals surface area contributed by atoms with Crippen LogP contribution < -0.4 is 9.47 Å². The standard InChI is InChI=1S/C20H23NO3/c1-15-5-7-16(8-6-15)14-21(2)20(22)10-9-17-11-18(23-3)13-19(12-17)24-4/h5-13H,14H2,1-4H3/b10-9+. The molecule has 0 N–H and O–H groups in total. The van der Waals surface area contributed by atoms with Crippen LogP contribution in [0.2, 0.25) is 0 Å². The summed E-state index contributed by atoms with van der Waals surface area (Å²) < 4.78 is 10.5. The van der Waals surface area contributed by atoms with E-state index in [4.69, 9.17) is 9.47 Å². The van der Waals surface area contributed by atoms with E-state index < -0.39 is 0 Å². The summed E-state index contributed by atoms with van der Waals surface area (Å²) in [4.78, 5) is 14.0. The molecule has 0 saturated carbocycles. The van der Waals surface area contributed by atoms with Crippen molar-refractivity contribution in [1.29, 1.82) is 0 Å². The summed E-state index contributed by atoms with van der Waals surface area (Å²) in [5.74, 6) is 1.32. The molecule has 0 saturated heterocycles. The van der Waals surface area contributed by atoms with Gasteiger partial charge in [-0.15, -0.1) is 0 Å². The summed E-state index contributed by atoms with van der Waals surface area (Å²) in [5.41, 5.74) is 3.16. The lowest BCUT2D eigenvalue weighted by molar-refractivity contribution is -0.125. The third kappa shape index (κ3) is 4.88. The molecule has 0 aliphatic heterocycles. The van der Waals surface area contributed by atoms with Crippen LogP contribution in [-0.2, 0) is 11.3 Å². The summed E-state index contributed by atoms with van der Waals surface area (Å²) in [6.45, 7) is 2.62. The van der Waals surface area contributed by atoms with Crippen molar-refractivity contribution in [1.82, 2.24) is 4.90 Å². The highest BCUT2D eigenvalue weighted by molar-refractivity contribution is 5.91. The van der Waals surface area contributed by atoms with Crippen LogP contribution >= 0.6 is 0 Å². The van der Waals surface area contributed by atoms with Gasteiger partial charge in [-0.25, -0.2) is 0 Å². The summed E-state index contributed by atoms with van der Waals surface area (Å²) >= 11 is 0. The predicted molar refractivity (Wildman–Crippen MR) is 96.2 cm³/mol. The second kappa shape index (κ2) is 8.20. The third-order valence-corrected chi connectivity index (χ3v) is 3.71. The number of benzene rings is 2. The molecule has 0 aliphatic rings. The highest BCUT2D eigenvalue weighted by Gasteiger charge is 2.06. The zero-order chi connectivity index (χ0) is 17.5. The number of nitrogens with zero attached hydrogens (tertiary/aromatic N) is 1. The molecule has 0 unspecified atom stereocenters. The van der Waals surface area contributed by atoms with E-state index in [0.29, 0.717) is 18.0 Å². The number of carbonyl (C=O) groups excluding carboxylic acids is 1. The highest BCUT2D eigenvalue weighted by atomic mass is 16.5. The van der Waals surface area contributed by atoms with Crippen molar-refractivity contribution in [2.24, 2.45) is 0 Å². The number of hydrogen-bond donors (Lipinski definition) is 0. The Morgan fingerprint density at radius 3 is 2.17 bits per heavy atom. The van der Waals surface area contributed by atoms with Gasteiger partial charge in [-0.1, -0.05) is 29.8 Å². The maximum absolute atomic E-state index is 12.3. The number of carbonyl (C=O) groups is 1. The van der Waals surface area contributed by atoms with Gasteiger partial charge < -0.3 is 14.4 Å². The van der Waals surface area contributed by atoms with E-state index in [0.717, 1.165) is 11.1 Å². The van der Waals surface area contributed by atoms with Gasteiger partial charge in [0, 0.05) is 25.7 Å². The molecule has 0 atom stereocenters. The molecule has 126 valence electrons. The van der Waals surface area contributed by atoms with E-state index in [1.165, 1.54) is 5.56 Å². The number of likely N-dealkylation sites (N-methyl/N-ethyl adjacent to an activating group) is 1. The molecule has 1 amide bonds. The average molecular weight is 325 g/mol. The Bertz CT molecular complexity index is 698. The van der Waals surface area contributed by atoms with Crippen LogP contribution in [0.4, 0.5) is 0 Å². The van der Waals surface area contributed by atoms with E-state index in [1.807, 2.05) is 43.3 Å². The van der Waals surface area contributed by atoms with Crippen LogP contribution in [0.3, 0.4) is 0 Å². The Morgan fingerprint density at radius 1 is 1.04 bits per heavy atom. The van der Waals surface area contributed by atoms with Crippen molar-refractivity contribution in [3.05, 3.63) is 65.2 Å². The minimum atomic E-state index is -0.0580. The molecular formula is C20H23NO3. The maximum Gasteiger partial charge on any atom is 0.246 e. The van der Waals surface area contributed by atoms with Crippen molar-refractivity contribution in [2.45, 2.75) is 13.5 Å². The lowest BCUT2D eigenvalue weighted by atomic mass is 10.1. The number of hydrogen-bond acceptors (Lipinski definition) is 3. The van der Waals surface area contributed by atoms with E-state index >= 15 is 0 Å². The summed E-state index contributed by atoms with van der Waals surface area (Å²) in [6, 6.07) is 13.7. The minimum Gasteiger partial charge on any atom is -0.497 e. The van der Waals surface area contributed by atoms with Crippen molar-refractivity contribution in [3.63, 3.8) is 0 Å². The Kier molecular flexibility index (Phi) is 6.01. The first-order valence-electron chi connectivity index (χ1n) is 7.73. The van der Waals surface area contributed by atoms with Gasteiger partial charge in [0.25, 0.3) is 0 Å². The van der Waals surface area contributed by atoms with Crippen molar-refractivity contribution in [2.75, 3.05) is 21.3 Å². The summed E-state index contributed by atoms with van der Waals surface area (Å²) in [5, 5.41) is 0. The molecule has 24 heavy (non-hydrogen) atoms. The van der Waals surface area contributed by atoms with Gasteiger partial charge in [0.2, 0.25) is 5.91 Å². The van der Waals surface area contributed by atoms with Crippen molar-refractivity contribution in [3.8, 4) is 11.5 Å². The zero-order valence-electron chi connectivity index (χ0n) is 14.6. The van der Waals surface area contributed by atoms with Gasteiger partial charge in [-0.2, -0.15) is 0 Å². The maximum atomic E-state index is 12.3. The van der Waals surface area contributed by atoms with Gasteiger partial charge in [0.1, 0.15) is 11.5 Å². The number of aryl methyl sites for hydroxylation is 1. The first kappa shape index (κ1) is 17.6. The molecule has 4 nitrogen and oxygen atoms in total. The number of amides is 1. The van der Waals surface area contributed by atoms with E-state index in [2.05, 4.69) is 0 Å². The van der Waals surface area contributed by atoms with Gasteiger partial charge in [-0.3, -0.25) is 4.79 Å². The SMILES string of the molecule is COc1cc(/C=C/C(=O)N(C)Cc2ccc(C)cc2)cc(OC)c1. The lowest BCUT2D eigenvalue weighted by Gasteiger charge is -2.15. The van der Waals surface area contributed by atoms with Crippen molar-refractivity contribution >= 4 is 12.0 Å². The minimum absolute atomic E-state index is 0.0580. The molecule has 0 spiro atoms. The number of methoxy groups -OCH3 is 2. The smallest absolute Gasteiger partial charge is 0.246 e. The number of ether oxygens (including phenoxy) is 2. The second-order valence-electron chi connectivity index (χ2n) is 5.66. The largest absolute Gasteiger partial charge is 0.497 e. The van der Waals surface area contributed by atoms with E-state index in [-0.39, 0.29) is 5.91 Å². The molecule has 0 heterocycles. The fourth-order valence-electron chi connectivity index (χ4n) is 2.27. The van der Waals surface area contributed by atoms with Crippen LogP contribution in [0.1, 0.15) is 16.7 Å². The van der Waals surface area contributed by atoms with Crippen LogP contribution in [0.5, 0.6) is 11.5 Å². The predicted octanol–water partition coefficient (Wildman–Crippen LogP) is 3.68. The van der Waals surface area contributed by atoms with Crippen LogP contribution in [0, 0.1) is 6.92 Å². The molecule has 0 radical (unpaired) electrons. The van der Waals surface area contributed by atoms with Gasteiger partial charge in [0.05, 0.1) is 14.2 Å². The molecule has 0 bridgehead atoms. The fraction of sp³-hybridized carbons (Fsp3) is 0.250. The van der Waals surface area contributed by atoms with Gasteiger partial charge >= 0.3 is 0 Å². The number of rotatable bonds is 6. The topological polar surface area (TPSA) is 38.8 Å². The lowest BCUT2D eigenvalue weighted by Crippen LogP contribution is -2.24. The summed E-state index contributed by atoms with van der Waals surface area (Å²) in [6.07, 6.45) is 3.32. The van der Waals surface area contributed by atoms with Crippen LogP contribution in [0.15, 0.2) is 48.5 Å². The molecule has 2 rings (SSSR count). The van der Waals surface area contributed by atoms with Crippen LogP contribution in [0.25, 0.3) is 6.08 Å². The quantitative estimate of drug-likeness (QED) is 0.761. The van der Waals surface area contributed by atoms with Gasteiger partial charge in [0.15, 0.2) is 0 Å². The van der Waals surface area contributed by atoms with Crippen molar-refractivity contribution < 1.29 is 14.3 Å². The molecule has 0 fully saturated rings. The molecule has 4 heteroatoms. The summed E-state index contributed by atoms with van der Waals surface area (Å²) in [7, 11) is 4.99. The molecule has 0 aromatic heterocycles. The zero-order valence-corrected chi connectivity index (χ0v) is 14.6. The van der Waals surface area contributed by atoms with E-state index in [1.54, 1.807) is 44.4 Å². The monoisotopic (exact) mass is 325 g/mol. The highest BCUT2D eigenvalue weighted by Crippen LogP contribution is 2.23. The first-order chi connectivity index (χ1) is 11.5.